The van der Waals surface area contributed by atoms with Gasteiger partial charge in [0, 0.05) is 11.5 Å². The van der Waals surface area contributed by atoms with Gasteiger partial charge in [-0.2, -0.15) is 0 Å². The number of rotatable bonds is 1. The van der Waals surface area contributed by atoms with Gasteiger partial charge in [0.2, 0.25) is 0 Å². The van der Waals surface area contributed by atoms with Crippen molar-refractivity contribution >= 4 is 10.8 Å². The van der Waals surface area contributed by atoms with Gasteiger partial charge in [0.15, 0.2) is 0 Å². The van der Waals surface area contributed by atoms with Gasteiger partial charge in [0.25, 0.3) is 0 Å². The van der Waals surface area contributed by atoms with Gasteiger partial charge in [0.1, 0.15) is 0 Å². The van der Waals surface area contributed by atoms with Crippen molar-refractivity contribution in [1.29, 1.82) is 0 Å². The predicted molar refractivity (Wildman–Crippen MR) is 117 cm³/mol. The Morgan fingerprint density at radius 3 is 2.10 bits per heavy atom. The quantitative estimate of drug-likeness (QED) is 0.350. The van der Waals surface area contributed by atoms with E-state index in [1.165, 1.54) is 27.5 Å². The Balaban J connectivity index is 1.52. The molecule has 4 aromatic carbocycles. The Labute approximate surface area is 171 Å². The van der Waals surface area contributed by atoms with E-state index in [0.717, 1.165) is 5.56 Å². The van der Waals surface area contributed by atoms with Gasteiger partial charge in [0.05, 0.1) is 18.1 Å². The van der Waals surface area contributed by atoms with Crippen molar-refractivity contribution in [2.75, 3.05) is 0 Å². The molecule has 2 aliphatic rings. The lowest BCUT2D eigenvalue weighted by molar-refractivity contribution is 0.0628. The molecule has 4 unspecified atom stereocenters. The first kappa shape index (κ1) is 16.6. The summed E-state index contributed by atoms with van der Waals surface area (Å²) in [6, 6.07) is 34.2. The molecule has 0 spiro atoms. The van der Waals surface area contributed by atoms with Crippen LogP contribution >= 0.6 is 0 Å². The highest BCUT2D eigenvalue weighted by molar-refractivity contribution is 5.86. The van der Waals surface area contributed by atoms with Gasteiger partial charge >= 0.3 is 0 Å². The summed E-state index contributed by atoms with van der Waals surface area (Å²) in [5.41, 5.74) is 5.03. The minimum atomic E-state index is 0.0383. The molecule has 1 fully saturated rings. The first-order chi connectivity index (χ1) is 14.4. The van der Waals surface area contributed by atoms with Gasteiger partial charge in [-0.05, 0) is 39.6 Å². The zero-order valence-corrected chi connectivity index (χ0v) is 16.0. The lowest BCUT2D eigenvalue weighted by atomic mass is 9.72. The van der Waals surface area contributed by atoms with Crippen LogP contribution < -0.4 is 0 Å². The maximum Gasteiger partial charge on any atom is 0.0981 e. The average molecular weight is 372 g/mol. The van der Waals surface area contributed by atoms with Crippen LogP contribution in [0.15, 0.2) is 97.1 Å². The van der Waals surface area contributed by atoms with Crippen LogP contribution in [0.2, 0.25) is 0 Å². The molecule has 4 aromatic rings. The van der Waals surface area contributed by atoms with E-state index in [4.69, 9.17) is 4.74 Å². The highest BCUT2D eigenvalue weighted by Crippen LogP contribution is 2.61. The molecule has 0 saturated carbocycles. The van der Waals surface area contributed by atoms with Gasteiger partial charge in [-0.15, -0.1) is 0 Å². The molecule has 138 valence electrons. The van der Waals surface area contributed by atoms with Crippen LogP contribution in [-0.2, 0) is 4.74 Å². The topological polar surface area (TPSA) is 9.23 Å². The normalized spacial score (nSPS) is 24.1. The Hall–Kier alpha value is -3.34. The van der Waals surface area contributed by atoms with Crippen LogP contribution in [0.5, 0.6) is 0 Å². The number of hydrogen-bond donors (Lipinski definition) is 0. The minimum Gasteiger partial charge on any atom is -0.364 e. The standard InChI is InChI=1S/C28H20O/c1-2-9-19(10-3-1)17-18-25-26(22-16-8-12-20-11-4-5-13-21(20)22)28-24-15-7-6-14-23(24)27(25)29-28/h1-16,25-28H. The van der Waals surface area contributed by atoms with E-state index >= 15 is 0 Å². The summed E-state index contributed by atoms with van der Waals surface area (Å²) in [7, 11) is 0. The number of hydrogen-bond acceptors (Lipinski definition) is 1. The molecule has 29 heavy (non-hydrogen) atoms. The van der Waals surface area contributed by atoms with E-state index in [0.29, 0.717) is 0 Å². The molecule has 2 heterocycles. The summed E-state index contributed by atoms with van der Waals surface area (Å²) in [5.74, 6) is 7.40. The van der Waals surface area contributed by atoms with Crippen molar-refractivity contribution in [2.45, 2.75) is 18.1 Å². The summed E-state index contributed by atoms with van der Waals surface area (Å²) in [4.78, 5) is 0. The molecule has 0 amide bonds. The fourth-order valence-electron chi connectivity index (χ4n) is 5.02. The van der Waals surface area contributed by atoms with Crippen molar-refractivity contribution in [3.63, 3.8) is 0 Å². The molecule has 2 aliphatic heterocycles. The third kappa shape index (κ3) is 2.61. The molecule has 6 rings (SSSR count). The summed E-state index contributed by atoms with van der Waals surface area (Å²) >= 11 is 0. The Bertz CT molecular complexity index is 1260. The molecular formula is C28H20O. The second kappa shape index (κ2) is 6.62. The number of fused-ring (bicyclic) bond motifs is 6. The fraction of sp³-hybridized carbons (Fsp3) is 0.143. The van der Waals surface area contributed by atoms with E-state index in [-0.39, 0.29) is 24.0 Å². The van der Waals surface area contributed by atoms with Crippen LogP contribution in [-0.4, -0.2) is 0 Å². The zero-order chi connectivity index (χ0) is 19.2. The fourth-order valence-corrected chi connectivity index (χ4v) is 5.02. The summed E-state index contributed by atoms with van der Waals surface area (Å²) < 4.78 is 6.56. The smallest absolute Gasteiger partial charge is 0.0981 e. The maximum absolute atomic E-state index is 6.56. The number of ether oxygens (including phenoxy) is 1. The van der Waals surface area contributed by atoms with E-state index in [9.17, 15) is 0 Å². The van der Waals surface area contributed by atoms with E-state index in [1.54, 1.807) is 0 Å². The molecule has 0 aromatic heterocycles. The van der Waals surface area contributed by atoms with Crippen molar-refractivity contribution < 1.29 is 4.74 Å². The molecule has 0 aliphatic carbocycles. The first-order valence-electron chi connectivity index (χ1n) is 10.2. The van der Waals surface area contributed by atoms with E-state index < -0.39 is 0 Å². The average Bonchev–Trinajstić information content (AvgIpc) is 3.35. The highest BCUT2D eigenvalue weighted by atomic mass is 16.5. The third-order valence-corrected chi connectivity index (χ3v) is 6.28. The zero-order valence-electron chi connectivity index (χ0n) is 16.0. The molecule has 0 radical (unpaired) electrons. The third-order valence-electron chi connectivity index (χ3n) is 6.28. The second-order valence-electron chi connectivity index (χ2n) is 7.86. The predicted octanol–water partition coefficient (Wildman–Crippen LogP) is 6.42. The SMILES string of the molecule is C(#CC1C2OC(c3ccccc32)C1c1cccc2ccccc12)c1ccccc1. The summed E-state index contributed by atoms with van der Waals surface area (Å²) in [6.45, 7) is 0. The van der Waals surface area contributed by atoms with Crippen LogP contribution in [0.25, 0.3) is 10.8 Å². The lowest BCUT2D eigenvalue weighted by Crippen LogP contribution is -2.19. The first-order valence-corrected chi connectivity index (χ1v) is 10.2. The Kier molecular flexibility index (Phi) is 3.79. The molecule has 2 bridgehead atoms. The van der Waals surface area contributed by atoms with Crippen LogP contribution in [0.3, 0.4) is 0 Å². The van der Waals surface area contributed by atoms with Crippen molar-refractivity contribution in [3.05, 3.63) is 119 Å². The second-order valence-corrected chi connectivity index (χ2v) is 7.86. The molecular weight excluding hydrogens is 352 g/mol. The van der Waals surface area contributed by atoms with Gasteiger partial charge in [-0.1, -0.05) is 96.8 Å². The molecule has 1 heteroatoms. The lowest BCUT2D eigenvalue weighted by Gasteiger charge is -2.27. The Morgan fingerprint density at radius 2 is 1.24 bits per heavy atom. The van der Waals surface area contributed by atoms with E-state index in [1.807, 2.05) is 18.2 Å². The molecule has 1 saturated heterocycles. The van der Waals surface area contributed by atoms with Crippen LogP contribution in [0, 0.1) is 17.8 Å². The monoisotopic (exact) mass is 372 g/mol. The van der Waals surface area contributed by atoms with Gasteiger partial charge in [-0.25, -0.2) is 0 Å². The van der Waals surface area contributed by atoms with Crippen molar-refractivity contribution in [3.8, 4) is 11.8 Å². The van der Waals surface area contributed by atoms with Crippen LogP contribution in [0.4, 0.5) is 0 Å². The minimum absolute atomic E-state index is 0.0383. The molecule has 1 nitrogen and oxygen atoms in total. The largest absolute Gasteiger partial charge is 0.364 e. The van der Waals surface area contributed by atoms with Crippen LogP contribution in [0.1, 0.15) is 40.4 Å². The number of benzene rings is 4. The maximum atomic E-state index is 6.56. The molecule has 0 N–H and O–H groups in total. The van der Waals surface area contributed by atoms with Crippen molar-refractivity contribution in [2.24, 2.45) is 5.92 Å². The molecule has 4 atom stereocenters. The summed E-state index contributed by atoms with van der Waals surface area (Å²) in [5, 5.41) is 2.58. The van der Waals surface area contributed by atoms with Gasteiger partial charge in [-0.3, -0.25) is 0 Å². The Morgan fingerprint density at radius 1 is 0.586 bits per heavy atom. The summed E-state index contributed by atoms with van der Waals surface area (Å²) in [6.07, 6.45) is 0.105. The van der Waals surface area contributed by atoms with E-state index in [2.05, 4.69) is 90.7 Å². The van der Waals surface area contributed by atoms with Gasteiger partial charge < -0.3 is 4.74 Å². The highest BCUT2D eigenvalue weighted by Gasteiger charge is 2.52. The van der Waals surface area contributed by atoms with Crippen molar-refractivity contribution in [1.82, 2.24) is 0 Å².